The summed E-state index contributed by atoms with van der Waals surface area (Å²) in [5.41, 5.74) is 7.01. The van der Waals surface area contributed by atoms with Crippen LogP contribution in [0.3, 0.4) is 0 Å². The van der Waals surface area contributed by atoms with E-state index in [9.17, 15) is 27.0 Å². The van der Waals surface area contributed by atoms with Gasteiger partial charge in [0.05, 0.1) is 32.2 Å². The molecular weight excluding hydrogens is 991 g/mol. The van der Waals surface area contributed by atoms with Crippen LogP contribution in [0.1, 0.15) is 46.0 Å². The molecule has 0 saturated carbocycles. The van der Waals surface area contributed by atoms with Crippen LogP contribution in [0.5, 0.6) is 11.5 Å². The number of aliphatic hydroxyl groups is 4. The summed E-state index contributed by atoms with van der Waals surface area (Å²) < 4.78 is 57.3. The van der Waals surface area contributed by atoms with Crippen LogP contribution in [-0.4, -0.2) is 84.3 Å². The Morgan fingerprint density at radius 1 is 0.465 bits per heavy atom. The first-order valence-corrected chi connectivity index (χ1v) is 24.5. The molecule has 2 aromatic heterocycles. The predicted octanol–water partition coefficient (Wildman–Crippen LogP) is 6.30. The van der Waals surface area contributed by atoms with Crippen molar-refractivity contribution in [3.8, 4) is 11.5 Å². The average Bonchev–Trinajstić information content (AvgIpc) is 3.40. The third kappa shape index (κ3) is 12.7. The van der Waals surface area contributed by atoms with Gasteiger partial charge >= 0.3 is 16.5 Å². The second kappa shape index (κ2) is 26.1. The maximum absolute atomic E-state index is 13.6. The molecular formula is C52H56N6NiO10S2. The number of pyridine rings is 2. The molecule has 10 rings (SSSR count). The van der Waals surface area contributed by atoms with Crippen LogP contribution in [-0.2, 0) is 49.6 Å². The Morgan fingerprint density at radius 3 is 1.15 bits per heavy atom. The minimum absolute atomic E-state index is 0. The van der Waals surface area contributed by atoms with Crippen molar-refractivity contribution in [2.75, 3.05) is 39.1 Å². The molecule has 2 aliphatic rings. The van der Waals surface area contributed by atoms with E-state index >= 15 is 0 Å². The molecule has 8 aromatic rings. The van der Waals surface area contributed by atoms with Crippen LogP contribution in [0.15, 0.2) is 168 Å². The van der Waals surface area contributed by atoms with Gasteiger partial charge in [0.15, 0.2) is 0 Å². The number of hydrogen-bond donors (Lipinski definition) is 6. The maximum Gasteiger partial charge on any atom is 2.00 e. The topological polar surface area (TPSA) is 252 Å². The Hall–Kier alpha value is -6.51. The summed E-state index contributed by atoms with van der Waals surface area (Å²) in [6.45, 7) is 4.22. The van der Waals surface area contributed by atoms with Crippen molar-refractivity contribution >= 4 is 53.2 Å². The molecule has 0 radical (unpaired) electrons. The Labute approximate surface area is 424 Å². The molecule has 16 nitrogen and oxygen atoms in total. The number of sulfonamides is 2. The van der Waals surface area contributed by atoms with Gasteiger partial charge < -0.3 is 41.3 Å². The van der Waals surface area contributed by atoms with Gasteiger partial charge in [-0.05, 0) is 84.3 Å². The predicted molar refractivity (Wildman–Crippen MR) is 268 cm³/mol. The summed E-state index contributed by atoms with van der Waals surface area (Å²) >= 11 is 0. The Kier molecular flexibility index (Phi) is 21.0. The van der Waals surface area contributed by atoms with E-state index in [4.69, 9.17) is 20.4 Å². The summed E-state index contributed by atoms with van der Waals surface area (Å²) in [6, 6.07) is 45.9. The Balaban J connectivity index is 0.000000268. The van der Waals surface area contributed by atoms with E-state index < -0.39 is 32.4 Å². The fraction of sp³-hybridized carbons (Fsp3) is 0.192. The number of rotatable bonds is 6. The number of benzene rings is 6. The quantitative estimate of drug-likeness (QED) is 0.100. The van der Waals surface area contributed by atoms with Gasteiger partial charge in [-0.2, -0.15) is 8.61 Å². The van der Waals surface area contributed by atoms with E-state index in [0.717, 1.165) is 72.8 Å². The first kappa shape index (κ1) is 57.1. The summed E-state index contributed by atoms with van der Waals surface area (Å²) in [5, 5.41) is 60.7. The summed E-state index contributed by atoms with van der Waals surface area (Å²) in [5.74, 6) is -0.382. The van der Waals surface area contributed by atoms with Crippen molar-refractivity contribution in [1.29, 1.82) is 0 Å². The molecule has 0 unspecified atom stereocenters. The zero-order chi connectivity index (χ0) is 51.2. The third-order valence-electron chi connectivity index (χ3n) is 11.1. The van der Waals surface area contributed by atoms with E-state index in [1.807, 2.05) is 74.5 Å². The minimum Gasteiger partial charge on any atom is -0.871 e. The van der Waals surface area contributed by atoms with E-state index in [0.29, 0.717) is 22.4 Å². The van der Waals surface area contributed by atoms with Gasteiger partial charge in [0.25, 0.3) is 0 Å². The number of para-hydroxylation sites is 4. The fourth-order valence-electron chi connectivity index (χ4n) is 7.71. The van der Waals surface area contributed by atoms with Crippen molar-refractivity contribution in [1.82, 2.24) is 18.6 Å². The molecule has 71 heavy (non-hydrogen) atoms. The molecule has 2 atom stereocenters. The number of fused-ring (bicyclic) bond motifs is 4. The van der Waals surface area contributed by atoms with E-state index in [1.165, 1.54) is 20.7 Å². The number of anilines is 2. The number of aliphatic hydroxyl groups excluding tert-OH is 4. The molecule has 0 amide bonds. The fourth-order valence-corrected chi connectivity index (χ4v) is 10.7. The summed E-state index contributed by atoms with van der Waals surface area (Å²) in [7, 11) is -3.66. The van der Waals surface area contributed by atoms with Crippen LogP contribution >= 0.6 is 0 Å². The van der Waals surface area contributed by atoms with Crippen LogP contribution in [0.2, 0.25) is 0 Å². The average molecular weight is 1050 g/mol. The SMILES string of the molecule is CO.CO.CO.CO.Cc1ccc(S(=O)(=O)N2Cc3ccccc3N[C@@H]2c2ccc3cccc([O-])c3n2)cc1.Cc1ccc(S(=O)(=O)N2Cc3ccccc3N[C@H]2c2ccc3cccc([O-])c3n2)cc1.[Ni+2]. The van der Waals surface area contributed by atoms with Crippen LogP contribution in [0, 0.1) is 13.8 Å². The molecule has 0 saturated heterocycles. The van der Waals surface area contributed by atoms with Crippen molar-refractivity contribution < 1.29 is 64.0 Å². The Morgan fingerprint density at radius 2 is 0.803 bits per heavy atom. The summed E-state index contributed by atoms with van der Waals surface area (Å²) in [6.07, 6.45) is -1.49. The van der Waals surface area contributed by atoms with Crippen LogP contribution in [0.25, 0.3) is 21.8 Å². The van der Waals surface area contributed by atoms with Crippen molar-refractivity contribution in [2.45, 2.75) is 49.1 Å². The first-order valence-electron chi connectivity index (χ1n) is 21.6. The smallest absolute Gasteiger partial charge is 0.871 e. The van der Waals surface area contributed by atoms with Crippen molar-refractivity contribution in [2.24, 2.45) is 0 Å². The molecule has 376 valence electrons. The molecule has 6 N–H and O–H groups in total. The standard InChI is InChI=1S/2C24H21N3O3S.4CH4O.Ni/c2*1-16-9-12-19(13-10-16)31(29,30)27-15-18-5-2-3-7-20(18)26-24(27)21-14-11-17-6-4-8-22(28)23(17)25-21;4*1-2;/h2*2-14,24,26,28H,15H2,1H3;4*2H,1H3;/q;;;;;;+2/p-2/t2*24-;;;;;/m10...../s1. The van der Waals surface area contributed by atoms with Gasteiger partial charge in [-0.15, -0.1) is 0 Å². The van der Waals surface area contributed by atoms with Gasteiger partial charge in [0.2, 0.25) is 20.0 Å². The molecule has 0 fully saturated rings. The molecule has 0 bridgehead atoms. The molecule has 19 heteroatoms. The largest absolute Gasteiger partial charge is 2.00 e. The normalized spacial score (nSPS) is 14.8. The number of aryl methyl sites for hydroxylation is 2. The number of hydrogen-bond acceptors (Lipinski definition) is 14. The van der Waals surface area contributed by atoms with E-state index in [1.54, 1.807) is 84.9 Å². The van der Waals surface area contributed by atoms with Crippen LogP contribution < -0.4 is 20.8 Å². The van der Waals surface area contributed by atoms with Gasteiger partial charge in [0, 0.05) is 52.9 Å². The molecule has 6 aromatic carbocycles. The molecule has 4 heterocycles. The second-order valence-corrected chi connectivity index (χ2v) is 19.0. The van der Waals surface area contributed by atoms with Gasteiger partial charge in [-0.1, -0.05) is 132 Å². The number of aromatic nitrogens is 2. The van der Waals surface area contributed by atoms with E-state index in [2.05, 4.69) is 20.6 Å². The molecule has 2 aliphatic heterocycles. The number of nitrogens with one attached hydrogen (secondary N) is 2. The van der Waals surface area contributed by atoms with Gasteiger partial charge in [-0.25, -0.2) is 26.8 Å². The monoisotopic (exact) mass is 1050 g/mol. The van der Waals surface area contributed by atoms with E-state index in [-0.39, 0.29) is 50.9 Å². The Bertz CT molecular complexity index is 3010. The first-order chi connectivity index (χ1) is 33.9. The van der Waals surface area contributed by atoms with Gasteiger partial charge in [-0.3, -0.25) is 0 Å². The zero-order valence-corrected chi connectivity index (χ0v) is 42.4. The second-order valence-electron chi connectivity index (χ2n) is 15.3. The number of nitrogens with zero attached hydrogens (tertiary/aromatic N) is 4. The maximum atomic E-state index is 13.6. The molecule has 0 aliphatic carbocycles. The van der Waals surface area contributed by atoms with Crippen molar-refractivity contribution in [3.63, 3.8) is 0 Å². The minimum atomic E-state index is -3.83. The summed E-state index contributed by atoms with van der Waals surface area (Å²) in [4.78, 5) is 9.56. The zero-order valence-electron chi connectivity index (χ0n) is 39.7. The van der Waals surface area contributed by atoms with Crippen molar-refractivity contribution in [3.05, 3.63) is 191 Å². The van der Waals surface area contributed by atoms with Crippen LogP contribution in [0.4, 0.5) is 11.4 Å². The van der Waals surface area contributed by atoms with Gasteiger partial charge in [0.1, 0.15) is 12.3 Å². The molecule has 0 spiro atoms. The third-order valence-corrected chi connectivity index (χ3v) is 14.7.